The lowest BCUT2D eigenvalue weighted by Crippen LogP contribution is -1.91. The van der Waals surface area contributed by atoms with Crippen molar-refractivity contribution in [3.8, 4) is 11.1 Å². The van der Waals surface area contributed by atoms with E-state index in [4.69, 9.17) is 0 Å². The van der Waals surface area contributed by atoms with Crippen LogP contribution in [-0.2, 0) is 6.42 Å². The fraction of sp³-hybridized carbons (Fsp3) is 0.143. The Kier molecular flexibility index (Phi) is 4.94. The van der Waals surface area contributed by atoms with Crippen molar-refractivity contribution in [2.75, 3.05) is 0 Å². The van der Waals surface area contributed by atoms with Crippen LogP contribution in [0, 0.1) is 0 Å². The molecule has 106 valence electrons. The SMILES string of the molecule is C=Cc1ccc(-c2ccc(C=C)c(CCC)c2)cc1C=C. The maximum atomic E-state index is 3.90. The van der Waals surface area contributed by atoms with Crippen molar-refractivity contribution in [2.45, 2.75) is 19.8 Å². The Hall–Kier alpha value is -2.34. The fourth-order valence-corrected chi connectivity index (χ4v) is 2.59. The van der Waals surface area contributed by atoms with E-state index in [0.717, 1.165) is 24.0 Å². The average molecular weight is 274 g/mol. The van der Waals surface area contributed by atoms with Crippen LogP contribution in [0.2, 0.25) is 0 Å². The summed E-state index contributed by atoms with van der Waals surface area (Å²) < 4.78 is 0. The fourth-order valence-electron chi connectivity index (χ4n) is 2.59. The predicted octanol–water partition coefficient (Wildman–Crippen LogP) is 6.24. The molecule has 0 amide bonds. The molecule has 0 saturated carbocycles. The summed E-state index contributed by atoms with van der Waals surface area (Å²) in [6.45, 7) is 13.8. The molecule has 21 heavy (non-hydrogen) atoms. The molecule has 0 nitrogen and oxygen atoms in total. The summed E-state index contributed by atoms with van der Waals surface area (Å²) in [5.41, 5.74) is 7.27. The third kappa shape index (κ3) is 3.22. The summed E-state index contributed by atoms with van der Waals surface area (Å²) >= 11 is 0. The summed E-state index contributed by atoms with van der Waals surface area (Å²) in [5, 5.41) is 0. The summed E-state index contributed by atoms with van der Waals surface area (Å²) in [5.74, 6) is 0. The standard InChI is InChI=1S/C21H22/c1-5-9-19-15-21(13-11-17(19)7-3)20-12-10-16(6-2)18(8-4)14-20/h6-8,10-15H,2-5,9H2,1H3. The van der Waals surface area contributed by atoms with Crippen molar-refractivity contribution in [2.24, 2.45) is 0 Å². The Balaban J connectivity index is 2.51. The van der Waals surface area contributed by atoms with Crippen LogP contribution >= 0.6 is 0 Å². The highest BCUT2D eigenvalue weighted by Crippen LogP contribution is 2.27. The van der Waals surface area contributed by atoms with E-state index in [1.165, 1.54) is 22.3 Å². The Labute approximate surface area is 128 Å². The van der Waals surface area contributed by atoms with Gasteiger partial charge in [0.15, 0.2) is 0 Å². The van der Waals surface area contributed by atoms with Gasteiger partial charge in [-0.1, -0.05) is 81.6 Å². The van der Waals surface area contributed by atoms with Gasteiger partial charge in [0.1, 0.15) is 0 Å². The molecule has 2 rings (SSSR count). The zero-order chi connectivity index (χ0) is 15.2. The van der Waals surface area contributed by atoms with Gasteiger partial charge in [-0.3, -0.25) is 0 Å². The lowest BCUT2D eigenvalue weighted by atomic mass is 9.94. The minimum atomic E-state index is 1.08. The van der Waals surface area contributed by atoms with Crippen molar-refractivity contribution in [3.05, 3.63) is 78.4 Å². The van der Waals surface area contributed by atoms with Crippen LogP contribution in [0.25, 0.3) is 29.4 Å². The van der Waals surface area contributed by atoms with Crippen molar-refractivity contribution < 1.29 is 0 Å². The predicted molar refractivity (Wildman–Crippen MR) is 96.1 cm³/mol. The normalized spacial score (nSPS) is 10.1. The Morgan fingerprint density at radius 1 is 0.762 bits per heavy atom. The molecule has 0 atom stereocenters. The number of rotatable bonds is 6. The smallest absolute Gasteiger partial charge is 0.0178 e. The molecule has 0 radical (unpaired) electrons. The first-order chi connectivity index (χ1) is 10.2. The molecule has 2 aromatic rings. The molecule has 0 aliphatic carbocycles. The second-order valence-corrected chi connectivity index (χ2v) is 5.12. The molecule has 0 heterocycles. The van der Waals surface area contributed by atoms with E-state index in [2.05, 4.69) is 63.1 Å². The zero-order valence-electron chi connectivity index (χ0n) is 12.7. The highest BCUT2D eigenvalue weighted by Gasteiger charge is 2.05. The number of aryl methyl sites for hydroxylation is 1. The maximum absolute atomic E-state index is 3.90. The molecule has 0 aliphatic rings. The quantitative estimate of drug-likeness (QED) is 0.585. The van der Waals surface area contributed by atoms with Crippen LogP contribution in [0.4, 0.5) is 0 Å². The molecule has 0 aromatic heterocycles. The van der Waals surface area contributed by atoms with Crippen LogP contribution in [0.3, 0.4) is 0 Å². The van der Waals surface area contributed by atoms with Gasteiger partial charge in [-0.15, -0.1) is 0 Å². The van der Waals surface area contributed by atoms with Crippen molar-refractivity contribution in [1.82, 2.24) is 0 Å². The maximum Gasteiger partial charge on any atom is -0.0178 e. The van der Waals surface area contributed by atoms with Crippen LogP contribution < -0.4 is 0 Å². The van der Waals surface area contributed by atoms with E-state index in [1.54, 1.807) is 0 Å². The van der Waals surface area contributed by atoms with Gasteiger partial charge in [-0.05, 0) is 45.9 Å². The van der Waals surface area contributed by atoms with Gasteiger partial charge >= 0.3 is 0 Å². The van der Waals surface area contributed by atoms with Crippen LogP contribution in [-0.4, -0.2) is 0 Å². The number of hydrogen-bond donors (Lipinski definition) is 0. The lowest BCUT2D eigenvalue weighted by Gasteiger charge is -2.10. The van der Waals surface area contributed by atoms with E-state index in [9.17, 15) is 0 Å². The third-order valence-corrected chi connectivity index (χ3v) is 3.74. The molecule has 0 spiro atoms. The monoisotopic (exact) mass is 274 g/mol. The van der Waals surface area contributed by atoms with Gasteiger partial charge < -0.3 is 0 Å². The second kappa shape index (κ2) is 6.90. The van der Waals surface area contributed by atoms with E-state index < -0.39 is 0 Å². The number of benzene rings is 2. The first kappa shape index (κ1) is 15.1. The van der Waals surface area contributed by atoms with Gasteiger partial charge in [0.05, 0.1) is 0 Å². The zero-order valence-corrected chi connectivity index (χ0v) is 12.7. The molecule has 0 bridgehead atoms. The molecule has 2 aromatic carbocycles. The minimum absolute atomic E-state index is 1.08. The average Bonchev–Trinajstić information content (AvgIpc) is 2.54. The Morgan fingerprint density at radius 2 is 1.33 bits per heavy atom. The van der Waals surface area contributed by atoms with Gasteiger partial charge in [-0.25, -0.2) is 0 Å². The lowest BCUT2D eigenvalue weighted by molar-refractivity contribution is 0.920. The van der Waals surface area contributed by atoms with Gasteiger partial charge in [-0.2, -0.15) is 0 Å². The summed E-state index contributed by atoms with van der Waals surface area (Å²) in [7, 11) is 0. The highest BCUT2D eigenvalue weighted by molar-refractivity contribution is 5.74. The van der Waals surface area contributed by atoms with E-state index in [1.807, 2.05) is 18.2 Å². The second-order valence-electron chi connectivity index (χ2n) is 5.12. The number of hydrogen-bond acceptors (Lipinski definition) is 0. The topological polar surface area (TPSA) is 0 Å². The van der Waals surface area contributed by atoms with Crippen LogP contribution in [0.1, 0.15) is 35.6 Å². The third-order valence-electron chi connectivity index (χ3n) is 3.74. The molecule has 0 aliphatic heterocycles. The van der Waals surface area contributed by atoms with Crippen molar-refractivity contribution in [1.29, 1.82) is 0 Å². The minimum Gasteiger partial charge on any atom is -0.0985 e. The largest absolute Gasteiger partial charge is 0.0985 e. The van der Waals surface area contributed by atoms with Crippen molar-refractivity contribution in [3.63, 3.8) is 0 Å². The molecule has 0 N–H and O–H groups in total. The van der Waals surface area contributed by atoms with Crippen LogP contribution in [0.15, 0.2) is 56.1 Å². The molecule has 0 saturated heterocycles. The van der Waals surface area contributed by atoms with E-state index in [0.29, 0.717) is 0 Å². The molecular weight excluding hydrogens is 252 g/mol. The molecule has 0 unspecified atom stereocenters. The summed E-state index contributed by atoms with van der Waals surface area (Å²) in [6.07, 6.45) is 7.90. The van der Waals surface area contributed by atoms with Crippen LogP contribution in [0.5, 0.6) is 0 Å². The van der Waals surface area contributed by atoms with Gasteiger partial charge in [0, 0.05) is 0 Å². The molecular formula is C21H22. The van der Waals surface area contributed by atoms with E-state index in [-0.39, 0.29) is 0 Å². The molecule has 0 fully saturated rings. The van der Waals surface area contributed by atoms with Gasteiger partial charge in [0.2, 0.25) is 0 Å². The Morgan fingerprint density at radius 3 is 1.90 bits per heavy atom. The van der Waals surface area contributed by atoms with Gasteiger partial charge in [0.25, 0.3) is 0 Å². The first-order valence-electron chi connectivity index (χ1n) is 7.38. The van der Waals surface area contributed by atoms with Crippen molar-refractivity contribution >= 4 is 18.2 Å². The summed E-state index contributed by atoms with van der Waals surface area (Å²) in [4.78, 5) is 0. The molecule has 0 heteroatoms. The first-order valence-corrected chi connectivity index (χ1v) is 7.38. The Bertz CT molecular complexity index is 674. The summed E-state index contributed by atoms with van der Waals surface area (Å²) in [6, 6.07) is 13.0. The van der Waals surface area contributed by atoms with E-state index >= 15 is 0 Å². The highest BCUT2D eigenvalue weighted by atomic mass is 14.1.